The molecule has 98 valence electrons. The lowest BCUT2D eigenvalue weighted by molar-refractivity contribution is 0.249. The summed E-state index contributed by atoms with van der Waals surface area (Å²) in [6, 6.07) is 9.19. The van der Waals surface area contributed by atoms with Crippen molar-refractivity contribution in [2.24, 2.45) is 0 Å². The largest absolute Gasteiger partial charge is 0.327 e. The molecule has 0 saturated heterocycles. The Hall–Kier alpha value is -0.160. The van der Waals surface area contributed by atoms with Crippen LogP contribution in [0.15, 0.2) is 35.2 Å². The van der Waals surface area contributed by atoms with Crippen LogP contribution in [0, 0.1) is 0 Å². The quantitative estimate of drug-likeness (QED) is 0.785. The Bertz CT molecular complexity index is 388. The summed E-state index contributed by atoms with van der Waals surface area (Å²) in [5, 5.41) is 0. The van der Waals surface area contributed by atoms with Crippen molar-refractivity contribution < 1.29 is 18.5 Å². The van der Waals surface area contributed by atoms with Crippen molar-refractivity contribution in [1.29, 1.82) is 0 Å². The summed E-state index contributed by atoms with van der Waals surface area (Å²) in [7, 11) is -1.10. The fourth-order valence-corrected chi connectivity index (χ4v) is 5.29. The molecule has 2 N–H and O–H groups in total. The number of hydrogen-bond acceptors (Lipinski definition) is 2. The molecule has 0 bridgehead atoms. The summed E-state index contributed by atoms with van der Waals surface area (Å²) in [4.78, 5) is 20.8. The maximum Gasteiger partial charge on any atom is 0.309 e. The Kier molecular flexibility index (Phi) is 6.41. The summed E-state index contributed by atoms with van der Waals surface area (Å²) in [6.45, 7) is 0.975. The van der Waals surface area contributed by atoms with Crippen LogP contribution in [0.5, 0.6) is 0 Å². The summed E-state index contributed by atoms with van der Waals surface area (Å²) < 4.78 is 10.6. The Morgan fingerprint density at radius 2 is 1.82 bits per heavy atom. The highest BCUT2D eigenvalue weighted by Gasteiger charge is 2.20. The average Bonchev–Trinajstić information content (AvgIpc) is 2.34. The van der Waals surface area contributed by atoms with E-state index in [1.54, 1.807) is 0 Å². The molecule has 0 aliphatic carbocycles. The zero-order valence-corrected chi connectivity index (χ0v) is 11.8. The first-order valence-electron chi connectivity index (χ1n) is 5.54. The van der Waals surface area contributed by atoms with Crippen molar-refractivity contribution in [2.45, 2.75) is 25.2 Å². The summed E-state index contributed by atoms with van der Waals surface area (Å²) in [5.74, 6) is 0. The van der Waals surface area contributed by atoms with Crippen LogP contribution in [0.2, 0.25) is 0 Å². The van der Waals surface area contributed by atoms with Crippen LogP contribution >= 0.6 is 6.72 Å². The van der Waals surface area contributed by atoms with Crippen molar-refractivity contribution in [3.8, 4) is 0 Å². The third kappa shape index (κ3) is 4.54. The van der Waals surface area contributed by atoms with E-state index in [9.17, 15) is 9.79 Å². The van der Waals surface area contributed by atoms with Crippen molar-refractivity contribution >= 4 is 17.1 Å². The van der Waals surface area contributed by atoms with E-state index in [2.05, 4.69) is 0 Å². The van der Waals surface area contributed by atoms with Crippen LogP contribution in [0.25, 0.3) is 0 Å². The Morgan fingerprint density at radius 1 is 1.18 bits per heavy atom. The molecule has 0 fully saturated rings. The van der Waals surface area contributed by atoms with E-state index in [0.29, 0.717) is 13.2 Å². The first-order chi connectivity index (χ1) is 8.11. The molecule has 0 saturated carbocycles. The van der Waals surface area contributed by atoms with Gasteiger partial charge in [-0.15, -0.1) is 0 Å². The average molecular weight is 278 g/mol. The van der Waals surface area contributed by atoms with E-state index in [0.717, 1.165) is 11.3 Å². The highest BCUT2D eigenvalue weighted by Crippen LogP contribution is 2.46. The van der Waals surface area contributed by atoms with Gasteiger partial charge in [-0.2, -0.15) is 0 Å². The third-order valence-corrected chi connectivity index (χ3v) is 6.50. The van der Waals surface area contributed by atoms with Gasteiger partial charge in [0.25, 0.3) is 0 Å². The molecule has 17 heavy (non-hydrogen) atoms. The maximum absolute atomic E-state index is 10.0. The van der Waals surface area contributed by atoms with Crippen LogP contribution in [-0.2, 0) is 19.1 Å². The highest BCUT2D eigenvalue weighted by atomic mass is 32.5. The first-order valence-corrected chi connectivity index (χ1v) is 8.91. The van der Waals surface area contributed by atoms with Gasteiger partial charge >= 0.3 is 6.72 Å². The van der Waals surface area contributed by atoms with Gasteiger partial charge in [-0.25, -0.2) is 0 Å². The molecule has 0 heterocycles. The molecule has 1 rings (SSSR count). The predicted octanol–water partition coefficient (Wildman–Crippen LogP) is 2.70. The summed E-state index contributed by atoms with van der Waals surface area (Å²) >= 11 is 0. The topological polar surface area (TPSA) is 58.9 Å². The predicted molar refractivity (Wildman–Crippen MR) is 71.3 cm³/mol. The highest BCUT2D eigenvalue weighted by molar-refractivity contribution is 8.25. The van der Waals surface area contributed by atoms with E-state index in [-0.39, 0.29) is 0 Å². The second-order valence-electron chi connectivity index (χ2n) is 3.29. The van der Waals surface area contributed by atoms with Crippen molar-refractivity contribution in [1.82, 2.24) is 0 Å². The first kappa shape index (κ1) is 14.9. The lowest BCUT2D eigenvalue weighted by Crippen LogP contribution is -2.04. The van der Waals surface area contributed by atoms with Crippen LogP contribution in [0.3, 0.4) is 0 Å². The lowest BCUT2D eigenvalue weighted by atomic mass is 10.4. The van der Waals surface area contributed by atoms with Crippen molar-refractivity contribution in [3.05, 3.63) is 30.3 Å². The van der Waals surface area contributed by atoms with Gasteiger partial charge < -0.3 is 18.5 Å². The van der Waals surface area contributed by atoms with Crippen LogP contribution in [0.4, 0.5) is 0 Å². The molecule has 0 spiro atoms. The standard InChI is InChI=1S/C11H19O4PS/c1-3-10-14-16(12,13)17(15-4-2)11-8-6-5-7-9-11/h5-9,12-13H,3-4,10H2,1-2H3. The van der Waals surface area contributed by atoms with Gasteiger partial charge in [0.1, 0.15) is 0 Å². The molecule has 1 aromatic carbocycles. The van der Waals surface area contributed by atoms with Crippen LogP contribution in [0.1, 0.15) is 20.3 Å². The SMILES string of the molecule is CCCOP(O)(O)=S(OCC)c1ccccc1. The molecule has 0 aromatic heterocycles. The molecule has 1 unspecified atom stereocenters. The van der Waals surface area contributed by atoms with Gasteiger partial charge in [0.2, 0.25) is 0 Å². The molecule has 4 nitrogen and oxygen atoms in total. The monoisotopic (exact) mass is 278 g/mol. The minimum absolute atomic E-state index is 0.324. The third-order valence-electron chi connectivity index (χ3n) is 1.85. The van der Waals surface area contributed by atoms with Gasteiger partial charge in [-0.1, -0.05) is 25.1 Å². The van der Waals surface area contributed by atoms with E-state index < -0.39 is 17.1 Å². The second kappa shape index (κ2) is 7.31. The smallest absolute Gasteiger partial charge is 0.309 e. The lowest BCUT2D eigenvalue weighted by Gasteiger charge is -2.19. The number of benzene rings is 1. The maximum atomic E-state index is 10.0. The van der Waals surface area contributed by atoms with Gasteiger partial charge in [0.05, 0.1) is 13.2 Å². The normalized spacial score (nSPS) is 13.6. The van der Waals surface area contributed by atoms with E-state index in [4.69, 9.17) is 8.71 Å². The van der Waals surface area contributed by atoms with Gasteiger partial charge in [-0.3, -0.25) is 0 Å². The molecule has 0 aliphatic heterocycles. The minimum Gasteiger partial charge on any atom is -0.327 e. The second-order valence-corrected chi connectivity index (χ2v) is 8.16. The molecule has 0 amide bonds. The summed E-state index contributed by atoms with van der Waals surface area (Å²) in [5.41, 5.74) is 0. The fourth-order valence-electron chi connectivity index (χ4n) is 1.18. The van der Waals surface area contributed by atoms with E-state index in [1.165, 1.54) is 0 Å². The molecule has 6 heteroatoms. The van der Waals surface area contributed by atoms with Crippen LogP contribution in [-0.4, -0.2) is 23.0 Å². The molecule has 0 radical (unpaired) electrons. The van der Waals surface area contributed by atoms with Gasteiger partial charge in [0, 0.05) is 15.2 Å². The van der Waals surface area contributed by atoms with Crippen LogP contribution < -0.4 is 0 Å². The Morgan fingerprint density at radius 3 is 2.35 bits per heavy atom. The fraction of sp³-hybridized carbons (Fsp3) is 0.455. The molecule has 1 aromatic rings. The minimum atomic E-state index is -3.50. The Labute approximate surface area is 105 Å². The molecule has 1 atom stereocenters. The molecular weight excluding hydrogens is 259 g/mol. The molecule has 0 aliphatic rings. The van der Waals surface area contributed by atoms with Crippen molar-refractivity contribution in [3.63, 3.8) is 0 Å². The van der Waals surface area contributed by atoms with Gasteiger partial charge in [0.15, 0.2) is 0 Å². The van der Waals surface area contributed by atoms with E-state index >= 15 is 0 Å². The van der Waals surface area contributed by atoms with Crippen molar-refractivity contribution in [2.75, 3.05) is 13.2 Å². The zero-order chi connectivity index (χ0) is 12.7. The van der Waals surface area contributed by atoms with E-state index in [1.807, 2.05) is 44.2 Å². The number of hydrogen-bond donors (Lipinski definition) is 2. The van der Waals surface area contributed by atoms with Gasteiger partial charge in [-0.05, 0) is 25.5 Å². The Balaban J connectivity index is 3.10. The zero-order valence-electron chi connectivity index (χ0n) is 10.1. The number of rotatable bonds is 6. The molecular formula is C11H19O4PS. The summed E-state index contributed by atoms with van der Waals surface area (Å²) in [6.07, 6.45) is 0.737.